The standard InChI is InChI=1S/C21H25ClN4O4S/c22-20-14-16(6-7-23-20)21(27)24-18-15-17(31(28,29)26-10-12-30-13-11-26)4-5-19(18)25-8-2-1-3-9-25/h4-7,14-15H,1-3,8-13H2,(H,24,27). The number of piperidine rings is 1. The van der Waals surface area contributed by atoms with Crippen molar-refractivity contribution in [2.45, 2.75) is 24.2 Å². The predicted molar refractivity (Wildman–Crippen MR) is 119 cm³/mol. The van der Waals surface area contributed by atoms with Gasteiger partial charge >= 0.3 is 0 Å². The molecule has 4 rings (SSSR count). The fraction of sp³-hybridized carbons (Fsp3) is 0.429. The molecule has 2 aliphatic heterocycles. The zero-order valence-electron chi connectivity index (χ0n) is 17.1. The molecule has 1 aromatic heterocycles. The summed E-state index contributed by atoms with van der Waals surface area (Å²) < 4.78 is 33.0. The number of nitrogens with zero attached hydrogens (tertiary/aromatic N) is 3. The van der Waals surface area contributed by atoms with Crippen LogP contribution in [-0.2, 0) is 14.8 Å². The number of anilines is 2. The molecule has 8 nitrogen and oxygen atoms in total. The average Bonchev–Trinajstić information content (AvgIpc) is 2.80. The van der Waals surface area contributed by atoms with Gasteiger partial charge in [-0.05, 0) is 49.6 Å². The van der Waals surface area contributed by atoms with Crippen molar-refractivity contribution in [3.8, 4) is 0 Å². The van der Waals surface area contributed by atoms with Crippen LogP contribution in [0.4, 0.5) is 11.4 Å². The summed E-state index contributed by atoms with van der Waals surface area (Å²) in [5.41, 5.74) is 1.63. The first kappa shape index (κ1) is 22.0. The Kier molecular flexibility index (Phi) is 6.76. The van der Waals surface area contributed by atoms with Gasteiger partial charge in [0.05, 0.1) is 29.5 Å². The van der Waals surface area contributed by atoms with Gasteiger partial charge in [-0.1, -0.05) is 11.6 Å². The van der Waals surface area contributed by atoms with E-state index in [1.807, 2.05) is 0 Å². The van der Waals surface area contributed by atoms with Crippen molar-refractivity contribution in [2.24, 2.45) is 0 Å². The number of sulfonamides is 1. The van der Waals surface area contributed by atoms with Crippen LogP contribution in [0, 0.1) is 0 Å². The monoisotopic (exact) mass is 464 g/mol. The maximum Gasteiger partial charge on any atom is 0.255 e. The van der Waals surface area contributed by atoms with Crippen molar-refractivity contribution in [2.75, 3.05) is 49.6 Å². The van der Waals surface area contributed by atoms with Gasteiger partial charge in [-0.15, -0.1) is 0 Å². The summed E-state index contributed by atoms with van der Waals surface area (Å²) in [6.07, 6.45) is 4.74. The van der Waals surface area contributed by atoms with Crippen LogP contribution in [0.5, 0.6) is 0 Å². The molecule has 2 aromatic rings. The molecule has 3 heterocycles. The second-order valence-corrected chi connectivity index (χ2v) is 9.89. The molecule has 0 unspecified atom stereocenters. The zero-order valence-corrected chi connectivity index (χ0v) is 18.7. The first-order chi connectivity index (χ1) is 14.9. The van der Waals surface area contributed by atoms with Gasteiger partial charge < -0.3 is 15.0 Å². The lowest BCUT2D eigenvalue weighted by Crippen LogP contribution is -2.40. The average molecular weight is 465 g/mol. The molecule has 2 aliphatic rings. The molecule has 0 saturated carbocycles. The van der Waals surface area contributed by atoms with E-state index >= 15 is 0 Å². The van der Waals surface area contributed by atoms with Crippen molar-refractivity contribution in [3.05, 3.63) is 47.2 Å². The third-order valence-electron chi connectivity index (χ3n) is 5.51. The van der Waals surface area contributed by atoms with Crippen LogP contribution in [0.25, 0.3) is 0 Å². The highest BCUT2D eigenvalue weighted by Gasteiger charge is 2.28. The number of hydrogen-bond donors (Lipinski definition) is 1. The molecular formula is C21H25ClN4O4S. The van der Waals surface area contributed by atoms with E-state index in [2.05, 4.69) is 15.2 Å². The molecular weight excluding hydrogens is 440 g/mol. The van der Waals surface area contributed by atoms with E-state index in [-0.39, 0.29) is 16.0 Å². The van der Waals surface area contributed by atoms with Gasteiger partial charge in [-0.25, -0.2) is 13.4 Å². The highest BCUT2D eigenvalue weighted by Crippen LogP contribution is 2.32. The SMILES string of the molecule is O=C(Nc1cc(S(=O)(=O)N2CCOCC2)ccc1N1CCCCC1)c1ccnc(Cl)c1. The van der Waals surface area contributed by atoms with E-state index in [0.717, 1.165) is 38.0 Å². The quantitative estimate of drug-likeness (QED) is 0.684. The highest BCUT2D eigenvalue weighted by atomic mass is 35.5. The van der Waals surface area contributed by atoms with Crippen molar-refractivity contribution >= 4 is 38.9 Å². The van der Waals surface area contributed by atoms with E-state index in [4.69, 9.17) is 16.3 Å². The van der Waals surface area contributed by atoms with Crippen LogP contribution in [-0.4, -0.2) is 63.0 Å². The minimum Gasteiger partial charge on any atom is -0.379 e. The molecule has 0 bridgehead atoms. The molecule has 1 N–H and O–H groups in total. The van der Waals surface area contributed by atoms with Gasteiger partial charge in [0, 0.05) is 37.9 Å². The molecule has 0 spiro atoms. The van der Waals surface area contributed by atoms with Crippen LogP contribution in [0.1, 0.15) is 29.6 Å². The summed E-state index contributed by atoms with van der Waals surface area (Å²) in [6, 6.07) is 8.00. The Hall–Kier alpha value is -2.20. The normalized spacial score (nSPS) is 18.0. The number of ether oxygens (including phenoxy) is 1. The lowest BCUT2D eigenvalue weighted by atomic mass is 10.1. The van der Waals surface area contributed by atoms with Crippen LogP contribution < -0.4 is 10.2 Å². The lowest BCUT2D eigenvalue weighted by molar-refractivity contribution is 0.0730. The Bertz CT molecular complexity index is 1050. The fourth-order valence-electron chi connectivity index (χ4n) is 3.86. The smallest absolute Gasteiger partial charge is 0.255 e. The maximum absolute atomic E-state index is 13.1. The number of amides is 1. The number of benzene rings is 1. The Morgan fingerprint density at radius 1 is 1.03 bits per heavy atom. The lowest BCUT2D eigenvalue weighted by Gasteiger charge is -2.31. The van der Waals surface area contributed by atoms with Crippen LogP contribution in [0.2, 0.25) is 5.15 Å². The van der Waals surface area contributed by atoms with Crippen LogP contribution in [0.15, 0.2) is 41.4 Å². The zero-order chi connectivity index (χ0) is 21.8. The van der Waals surface area contributed by atoms with Crippen molar-refractivity contribution < 1.29 is 17.9 Å². The maximum atomic E-state index is 13.1. The summed E-state index contributed by atoms with van der Waals surface area (Å²) >= 11 is 5.92. The summed E-state index contributed by atoms with van der Waals surface area (Å²) in [7, 11) is -3.69. The number of nitrogens with one attached hydrogen (secondary N) is 1. The molecule has 0 atom stereocenters. The molecule has 0 radical (unpaired) electrons. The number of morpholine rings is 1. The summed E-state index contributed by atoms with van der Waals surface area (Å²) in [4.78, 5) is 19.1. The van der Waals surface area contributed by atoms with Crippen LogP contribution in [0.3, 0.4) is 0 Å². The predicted octanol–water partition coefficient (Wildman–Crippen LogP) is 3.00. The largest absolute Gasteiger partial charge is 0.379 e. The van der Waals surface area contributed by atoms with E-state index in [1.165, 1.54) is 16.6 Å². The molecule has 1 amide bonds. The first-order valence-corrected chi connectivity index (χ1v) is 12.2. The number of carbonyl (C=O) groups is 1. The van der Waals surface area contributed by atoms with E-state index in [9.17, 15) is 13.2 Å². The minimum atomic E-state index is -3.69. The van der Waals surface area contributed by atoms with E-state index in [0.29, 0.717) is 37.6 Å². The Morgan fingerprint density at radius 2 is 1.77 bits per heavy atom. The van der Waals surface area contributed by atoms with Gasteiger partial charge in [0.2, 0.25) is 10.0 Å². The second kappa shape index (κ2) is 9.52. The molecule has 2 fully saturated rings. The number of rotatable bonds is 5. The third-order valence-corrected chi connectivity index (χ3v) is 7.61. The third kappa shape index (κ3) is 5.01. The Morgan fingerprint density at radius 3 is 2.48 bits per heavy atom. The van der Waals surface area contributed by atoms with Crippen LogP contribution >= 0.6 is 11.6 Å². The van der Waals surface area contributed by atoms with Gasteiger partial charge in [0.1, 0.15) is 5.15 Å². The molecule has 166 valence electrons. The number of carbonyl (C=O) groups excluding carboxylic acids is 1. The molecule has 1 aromatic carbocycles. The van der Waals surface area contributed by atoms with Gasteiger partial charge in [-0.3, -0.25) is 4.79 Å². The number of pyridine rings is 1. The van der Waals surface area contributed by atoms with E-state index < -0.39 is 10.0 Å². The Labute approximate surface area is 187 Å². The molecule has 10 heteroatoms. The van der Waals surface area contributed by atoms with Gasteiger partial charge in [0.25, 0.3) is 5.91 Å². The topological polar surface area (TPSA) is 91.8 Å². The van der Waals surface area contributed by atoms with Gasteiger partial charge in [0.15, 0.2) is 0 Å². The highest BCUT2D eigenvalue weighted by molar-refractivity contribution is 7.89. The number of hydrogen-bond acceptors (Lipinski definition) is 6. The molecule has 0 aliphatic carbocycles. The molecule has 2 saturated heterocycles. The second-order valence-electron chi connectivity index (χ2n) is 7.56. The van der Waals surface area contributed by atoms with Gasteiger partial charge in [-0.2, -0.15) is 4.31 Å². The first-order valence-electron chi connectivity index (χ1n) is 10.3. The Balaban J connectivity index is 1.68. The summed E-state index contributed by atoms with van der Waals surface area (Å²) in [5.74, 6) is -0.372. The summed E-state index contributed by atoms with van der Waals surface area (Å²) in [6.45, 7) is 3.09. The minimum absolute atomic E-state index is 0.151. The van der Waals surface area contributed by atoms with E-state index in [1.54, 1.807) is 24.3 Å². The number of halogens is 1. The van der Waals surface area contributed by atoms with Crippen molar-refractivity contribution in [3.63, 3.8) is 0 Å². The molecule has 31 heavy (non-hydrogen) atoms. The fourth-order valence-corrected chi connectivity index (χ4v) is 5.47. The number of aromatic nitrogens is 1. The van der Waals surface area contributed by atoms with Crippen molar-refractivity contribution in [1.82, 2.24) is 9.29 Å². The summed E-state index contributed by atoms with van der Waals surface area (Å²) in [5, 5.41) is 3.11. The van der Waals surface area contributed by atoms with Crippen molar-refractivity contribution in [1.29, 1.82) is 0 Å².